The van der Waals surface area contributed by atoms with E-state index < -0.39 is 0 Å². The van der Waals surface area contributed by atoms with E-state index in [1.165, 1.54) is 0 Å². The van der Waals surface area contributed by atoms with Gasteiger partial charge in [-0.25, -0.2) is 4.99 Å². The Morgan fingerprint density at radius 1 is 1.17 bits per heavy atom. The number of fused-ring (bicyclic) bond motifs is 1. The molecule has 1 saturated heterocycles. The molecule has 3 unspecified atom stereocenters. The van der Waals surface area contributed by atoms with E-state index in [0.717, 1.165) is 50.7 Å². The molecular weight excluding hydrogens is 402 g/mol. The van der Waals surface area contributed by atoms with Crippen LogP contribution in [0, 0.1) is 6.92 Å². The zero-order chi connectivity index (χ0) is 20.0. The van der Waals surface area contributed by atoms with Crippen molar-refractivity contribution < 1.29 is 4.42 Å². The fourth-order valence-corrected chi connectivity index (χ4v) is 5.70. The first kappa shape index (κ1) is 18.8. The summed E-state index contributed by atoms with van der Waals surface area (Å²) in [5, 5.41) is 1.86. The number of amidine groups is 1. The van der Waals surface area contributed by atoms with Crippen LogP contribution >= 0.6 is 23.4 Å². The van der Waals surface area contributed by atoms with Crippen LogP contribution in [0.5, 0.6) is 0 Å². The highest BCUT2D eigenvalue weighted by Crippen LogP contribution is 2.49. The minimum Gasteiger partial charge on any atom is -0.459 e. The Kier molecular flexibility index (Phi) is 4.88. The lowest BCUT2D eigenvalue weighted by atomic mass is 10.0. The molecule has 1 fully saturated rings. The normalized spacial score (nSPS) is 23.3. The molecule has 0 bridgehead atoms. The Bertz CT molecular complexity index is 1060. The van der Waals surface area contributed by atoms with E-state index in [1.54, 1.807) is 0 Å². The van der Waals surface area contributed by atoms with Gasteiger partial charge in [0.25, 0.3) is 0 Å². The molecule has 2 aliphatic heterocycles. The van der Waals surface area contributed by atoms with Crippen LogP contribution in [0.2, 0.25) is 5.02 Å². The van der Waals surface area contributed by atoms with Gasteiger partial charge in [0.1, 0.15) is 23.6 Å². The van der Waals surface area contributed by atoms with Crippen LogP contribution in [0.1, 0.15) is 42.4 Å². The zero-order valence-corrected chi connectivity index (χ0v) is 18.0. The lowest BCUT2D eigenvalue weighted by molar-refractivity contribution is 0.226. The van der Waals surface area contributed by atoms with Crippen molar-refractivity contribution in [3.05, 3.63) is 76.8 Å². The number of hydrogen-bond acceptors (Lipinski definition) is 5. The zero-order valence-electron chi connectivity index (χ0n) is 16.4. The average molecular weight is 424 g/mol. The van der Waals surface area contributed by atoms with E-state index in [9.17, 15) is 0 Å². The molecule has 0 spiro atoms. The smallest absolute Gasteiger partial charge is 0.161 e. The number of nitrogens with zero attached hydrogens (tertiary/aromatic N) is 3. The third kappa shape index (κ3) is 3.17. The topological polar surface area (TPSA) is 41.6 Å². The van der Waals surface area contributed by atoms with Crippen molar-refractivity contribution in [1.82, 2.24) is 9.88 Å². The van der Waals surface area contributed by atoms with Gasteiger partial charge in [0, 0.05) is 28.6 Å². The van der Waals surface area contributed by atoms with Gasteiger partial charge in [-0.05, 0) is 49.2 Å². The Balaban J connectivity index is 1.57. The van der Waals surface area contributed by atoms with E-state index >= 15 is 0 Å². The molecule has 5 rings (SSSR count). The first-order valence-corrected chi connectivity index (χ1v) is 11.3. The molecule has 0 N–H and O–H groups in total. The van der Waals surface area contributed by atoms with Crippen molar-refractivity contribution in [1.29, 1.82) is 0 Å². The number of halogens is 1. The Hall–Kier alpha value is -2.24. The molecule has 1 aromatic carbocycles. The lowest BCUT2D eigenvalue weighted by Crippen LogP contribution is -2.35. The quantitative estimate of drug-likeness (QED) is 0.495. The van der Waals surface area contributed by atoms with Crippen LogP contribution in [0.3, 0.4) is 0 Å². The Morgan fingerprint density at radius 2 is 2.07 bits per heavy atom. The van der Waals surface area contributed by atoms with E-state index in [-0.39, 0.29) is 12.1 Å². The number of pyridine rings is 1. The second-order valence-electron chi connectivity index (χ2n) is 7.45. The average Bonchev–Trinajstić information content (AvgIpc) is 3.45. The van der Waals surface area contributed by atoms with Crippen molar-refractivity contribution >= 4 is 28.5 Å². The number of thioether (sulfide) groups is 1. The third-order valence-corrected chi connectivity index (χ3v) is 7.32. The lowest BCUT2D eigenvalue weighted by Gasteiger charge is -2.30. The summed E-state index contributed by atoms with van der Waals surface area (Å²) in [7, 11) is 0. The van der Waals surface area contributed by atoms with Crippen LogP contribution < -0.4 is 0 Å². The third-order valence-electron chi connectivity index (χ3n) is 5.78. The minimum absolute atomic E-state index is 0.0214. The fraction of sp³-hybridized carbons (Fsp3) is 0.304. The van der Waals surface area contributed by atoms with Crippen LogP contribution in [0.15, 0.2) is 64.1 Å². The first-order valence-electron chi connectivity index (χ1n) is 9.92. The molecule has 148 valence electrons. The highest BCUT2D eigenvalue weighted by atomic mass is 35.5. The van der Waals surface area contributed by atoms with Crippen LogP contribution in [-0.2, 0) is 0 Å². The number of aromatic nitrogens is 1. The van der Waals surface area contributed by atoms with Crippen LogP contribution in [0.25, 0.3) is 11.3 Å². The maximum Gasteiger partial charge on any atom is 0.161 e. The Labute approximate surface area is 180 Å². The predicted octanol–water partition coefficient (Wildman–Crippen LogP) is 6.28. The van der Waals surface area contributed by atoms with Gasteiger partial charge in [0.05, 0.1) is 5.69 Å². The summed E-state index contributed by atoms with van der Waals surface area (Å²) >= 11 is 8.17. The minimum atomic E-state index is -0.0625. The van der Waals surface area contributed by atoms with E-state index in [0.29, 0.717) is 6.04 Å². The summed E-state index contributed by atoms with van der Waals surface area (Å²) in [6.45, 7) is 4.26. The second-order valence-corrected chi connectivity index (χ2v) is 8.85. The molecule has 0 saturated carbocycles. The molecule has 2 aliphatic rings. The van der Waals surface area contributed by atoms with Gasteiger partial charge in [-0.15, -0.1) is 0 Å². The van der Waals surface area contributed by atoms with E-state index in [1.807, 2.05) is 55.2 Å². The predicted molar refractivity (Wildman–Crippen MR) is 119 cm³/mol. The highest BCUT2D eigenvalue weighted by Gasteiger charge is 2.46. The van der Waals surface area contributed by atoms with E-state index in [4.69, 9.17) is 21.0 Å². The molecule has 4 nitrogen and oxygen atoms in total. The number of furan rings is 1. The standard InChI is InChI=1S/C23H22ClN3OS/c1-3-15-13-29-23-26-21(18-9-4-5-12-25-18)22(27(15)23)20-11-10-19(28-20)16-7-6-8-17(24)14(16)2/h4-12,15,21-22H,3,13H2,1-2H3. The highest BCUT2D eigenvalue weighted by molar-refractivity contribution is 8.14. The summed E-state index contributed by atoms with van der Waals surface area (Å²) in [6.07, 6.45) is 2.92. The van der Waals surface area contributed by atoms with Gasteiger partial charge < -0.3 is 9.32 Å². The van der Waals surface area contributed by atoms with Crippen LogP contribution in [0.4, 0.5) is 0 Å². The van der Waals surface area contributed by atoms with E-state index in [2.05, 4.69) is 35.0 Å². The molecule has 0 amide bonds. The molecule has 2 aromatic heterocycles. The summed E-state index contributed by atoms with van der Waals surface area (Å²) in [5.41, 5.74) is 3.04. The van der Waals surface area contributed by atoms with Crippen molar-refractivity contribution in [3.63, 3.8) is 0 Å². The summed E-state index contributed by atoms with van der Waals surface area (Å²) in [6, 6.07) is 16.5. The number of aliphatic imine (C=N–C) groups is 1. The largest absolute Gasteiger partial charge is 0.459 e. The molecular formula is C23H22ClN3OS. The fourth-order valence-electron chi connectivity index (χ4n) is 4.19. The molecule has 3 atom stereocenters. The molecule has 29 heavy (non-hydrogen) atoms. The molecule has 4 heterocycles. The molecule has 0 radical (unpaired) electrons. The SMILES string of the molecule is CCC1CSC2=NC(c3ccccn3)C(c3ccc(-c4cccc(Cl)c4C)o3)N21. The second kappa shape index (κ2) is 7.54. The Morgan fingerprint density at radius 3 is 2.86 bits per heavy atom. The number of hydrogen-bond donors (Lipinski definition) is 0. The van der Waals surface area contributed by atoms with Crippen molar-refractivity contribution in [2.75, 3.05) is 5.75 Å². The summed E-state index contributed by atoms with van der Waals surface area (Å²) < 4.78 is 6.43. The maximum absolute atomic E-state index is 6.43. The monoisotopic (exact) mass is 423 g/mol. The van der Waals surface area contributed by atoms with Gasteiger partial charge >= 0.3 is 0 Å². The summed E-state index contributed by atoms with van der Waals surface area (Å²) in [4.78, 5) is 12.1. The van der Waals surface area contributed by atoms with Crippen molar-refractivity contribution in [3.8, 4) is 11.3 Å². The number of benzene rings is 1. The van der Waals surface area contributed by atoms with Crippen LogP contribution in [-0.4, -0.2) is 26.8 Å². The number of rotatable bonds is 4. The van der Waals surface area contributed by atoms with Gasteiger partial charge in [-0.2, -0.15) is 0 Å². The molecule has 6 heteroatoms. The van der Waals surface area contributed by atoms with Gasteiger partial charge in [0.2, 0.25) is 0 Å². The maximum atomic E-state index is 6.43. The van der Waals surface area contributed by atoms with Gasteiger partial charge in [0.15, 0.2) is 5.17 Å². The van der Waals surface area contributed by atoms with Gasteiger partial charge in [-0.3, -0.25) is 4.98 Å². The summed E-state index contributed by atoms with van der Waals surface area (Å²) in [5.74, 6) is 2.84. The van der Waals surface area contributed by atoms with Gasteiger partial charge in [-0.1, -0.05) is 48.5 Å². The van der Waals surface area contributed by atoms with Crippen molar-refractivity contribution in [2.45, 2.75) is 38.4 Å². The molecule has 3 aromatic rings. The van der Waals surface area contributed by atoms with Crippen molar-refractivity contribution in [2.24, 2.45) is 4.99 Å². The molecule has 0 aliphatic carbocycles. The first-order chi connectivity index (χ1) is 14.2.